The summed E-state index contributed by atoms with van der Waals surface area (Å²) in [6.45, 7) is 2.54. The van der Waals surface area contributed by atoms with Gasteiger partial charge < -0.3 is 15.3 Å². The van der Waals surface area contributed by atoms with E-state index in [1.165, 1.54) is 44.9 Å². The van der Waals surface area contributed by atoms with Crippen molar-refractivity contribution in [1.29, 1.82) is 0 Å². The van der Waals surface area contributed by atoms with E-state index < -0.39 is 0 Å². The predicted octanol–water partition coefficient (Wildman–Crippen LogP) is 2.64. The molecule has 3 rings (SSSR count). The maximum absolute atomic E-state index is 9.63. The van der Waals surface area contributed by atoms with E-state index in [1.54, 1.807) is 11.3 Å². The number of rotatable bonds is 4. The van der Waals surface area contributed by atoms with Gasteiger partial charge in [-0.05, 0) is 31.6 Å². The van der Waals surface area contributed by atoms with Gasteiger partial charge in [0.15, 0.2) is 5.13 Å². The van der Waals surface area contributed by atoms with Crippen molar-refractivity contribution in [1.82, 2.24) is 10.3 Å². The molecule has 1 saturated carbocycles. The second-order valence-corrected chi connectivity index (χ2v) is 7.30. The lowest BCUT2D eigenvalue weighted by Crippen LogP contribution is -2.48. The zero-order valence-electron chi connectivity index (χ0n) is 12.7. The first-order valence-corrected chi connectivity index (χ1v) is 9.26. The van der Waals surface area contributed by atoms with E-state index in [0.29, 0.717) is 24.6 Å². The van der Waals surface area contributed by atoms with E-state index in [1.807, 2.05) is 6.20 Å². The van der Waals surface area contributed by atoms with Gasteiger partial charge in [-0.3, -0.25) is 0 Å². The van der Waals surface area contributed by atoms with Crippen molar-refractivity contribution in [2.45, 2.75) is 57.0 Å². The summed E-state index contributed by atoms with van der Waals surface area (Å²) in [6, 6.07) is 1.13. The minimum absolute atomic E-state index is 0.343. The number of aliphatic hydroxyl groups excluding tert-OH is 1. The molecule has 118 valence electrons. The number of aliphatic hydroxyl groups is 1. The third-order valence-electron chi connectivity index (χ3n) is 5.03. The van der Waals surface area contributed by atoms with E-state index >= 15 is 0 Å². The minimum atomic E-state index is 0.343. The van der Waals surface area contributed by atoms with Gasteiger partial charge in [0.2, 0.25) is 0 Å². The number of aromatic nitrogens is 1. The molecule has 2 atom stereocenters. The first-order chi connectivity index (χ1) is 10.4. The summed E-state index contributed by atoms with van der Waals surface area (Å²) in [5.74, 6) is 0.462. The lowest BCUT2D eigenvalue weighted by Gasteiger charge is -2.36. The second kappa shape index (κ2) is 7.56. The molecule has 0 radical (unpaired) electrons. The van der Waals surface area contributed by atoms with Crippen LogP contribution in [0.2, 0.25) is 0 Å². The summed E-state index contributed by atoms with van der Waals surface area (Å²) >= 11 is 1.73. The van der Waals surface area contributed by atoms with Crippen LogP contribution >= 0.6 is 11.3 Å². The molecule has 1 aromatic rings. The van der Waals surface area contributed by atoms with Gasteiger partial charge in [0.1, 0.15) is 0 Å². The van der Waals surface area contributed by atoms with Gasteiger partial charge in [-0.25, -0.2) is 4.98 Å². The number of nitrogens with zero attached hydrogens (tertiary/aromatic N) is 2. The highest BCUT2D eigenvalue weighted by Crippen LogP contribution is 2.26. The van der Waals surface area contributed by atoms with Gasteiger partial charge in [-0.2, -0.15) is 0 Å². The molecule has 2 heterocycles. The van der Waals surface area contributed by atoms with Crippen molar-refractivity contribution in [3.8, 4) is 0 Å². The molecule has 21 heavy (non-hydrogen) atoms. The molecule has 1 saturated heterocycles. The first kappa shape index (κ1) is 15.3. The predicted molar refractivity (Wildman–Crippen MR) is 87.9 cm³/mol. The standard InChI is InChI=1S/C16H27N3OS/c20-12-13-4-2-1-3-5-15(13)18-14-6-9-19(10-7-14)16-17-8-11-21-16/h8,11,13-15,18,20H,1-7,9-10,12H2. The van der Waals surface area contributed by atoms with Crippen LogP contribution in [0.3, 0.4) is 0 Å². The molecule has 0 spiro atoms. The number of piperidine rings is 1. The van der Waals surface area contributed by atoms with Crippen LogP contribution in [0.25, 0.3) is 0 Å². The Hall–Kier alpha value is -0.650. The molecule has 2 aliphatic rings. The average Bonchev–Trinajstić information content (AvgIpc) is 2.96. The molecule has 0 aromatic carbocycles. The lowest BCUT2D eigenvalue weighted by atomic mass is 9.93. The van der Waals surface area contributed by atoms with Crippen molar-refractivity contribution in [2.24, 2.45) is 5.92 Å². The van der Waals surface area contributed by atoms with Crippen molar-refractivity contribution in [2.75, 3.05) is 24.6 Å². The van der Waals surface area contributed by atoms with Crippen LogP contribution in [0, 0.1) is 5.92 Å². The summed E-state index contributed by atoms with van der Waals surface area (Å²) < 4.78 is 0. The molecule has 2 fully saturated rings. The van der Waals surface area contributed by atoms with Crippen LogP contribution < -0.4 is 10.2 Å². The molecule has 2 unspecified atom stereocenters. The SMILES string of the molecule is OCC1CCCCCC1NC1CCN(c2nccs2)CC1. The first-order valence-electron chi connectivity index (χ1n) is 8.38. The van der Waals surface area contributed by atoms with Crippen LogP contribution in [-0.4, -0.2) is 41.9 Å². The molecular formula is C16H27N3OS. The fraction of sp³-hybridized carbons (Fsp3) is 0.812. The number of thiazole rings is 1. The van der Waals surface area contributed by atoms with Gasteiger partial charge in [0.05, 0.1) is 0 Å². The van der Waals surface area contributed by atoms with Gasteiger partial charge in [-0.1, -0.05) is 19.3 Å². The Kier molecular flexibility index (Phi) is 5.49. The number of anilines is 1. The van der Waals surface area contributed by atoms with E-state index in [4.69, 9.17) is 0 Å². The molecule has 0 bridgehead atoms. The van der Waals surface area contributed by atoms with Crippen LogP contribution in [0.1, 0.15) is 44.9 Å². The molecule has 4 nitrogen and oxygen atoms in total. The summed E-state index contributed by atoms with van der Waals surface area (Å²) in [6.07, 6.45) is 10.6. The normalized spacial score (nSPS) is 28.5. The molecule has 1 aliphatic carbocycles. The number of hydrogen-bond donors (Lipinski definition) is 2. The largest absolute Gasteiger partial charge is 0.396 e. The quantitative estimate of drug-likeness (QED) is 0.840. The lowest BCUT2D eigenvalue weighted by molar-refractivity contribution is 0.171. The third-order valence-corrected chi connectivity index (χ3v) is 5.86. The minimum Gasteiger partial charge on any atom is -0.396 e. The summed E-state index contributed by atoms with van der Waals surface area (Å²) in [5.41, 5.74) is 0. The van der Waals surface area contributed by atoms with Crippen molar-refractivity contribution in [3.63, 3.8) is 0 Å². The summed E-state index contributed by atoms with van der Waals surface area (Å²) in [4.78, 5) is 6.81. The van der Waals surface area contributed by atoms with E-state index in [0.717, 1.165) is 18.2 Å². The Morgan fingerprint density at radius 1 is 1.19 bits per heavy atom. The highest BCUT2D eigenvalue weighted by Gasteiger charge is 2.27. The van der Waals surface area contributed by atoms with Crippen LogP contribution in [0.5, 0.6) is 0 Å². The van der Waals surface area contributed by atoms with E-state index in [-0.39, 0.29) is 0 Å². The second-order valence-electron chi connectivity index (χ2n) is 6.43. The van der Waals surface area contributed by atoms with Crippen molar-refractivity contribution >= 4 is 16.5 Å². The topological polar surface area (TPSA) is 48.4 Å². The number of nitrogens with one attached hydrogen (secondary N) is 1. The highest BCUT2D eigenvalue weighted by molar-refractivity contribution is 7.13. The Morgan fingerprint density at radius 3 is 2.71 bits per heavy atom. The maximum Gasteiger partial charge on any atom is 0.185 e. The molecule has 1 aromatic heterocycles. The van der Waals surface area contributed by atoms with Gasteiger partial charge >= 0.3 is 0 Å². The van der Waals surface area contributed by atoms with Crippen LogP contribution in [0.4, 0.5) is 5.13 Å². The average molecular weight is 309 g/mol. The summed E-state index contributed by atoms with van der Waals surface area (Å²) in [7, 11) is 0. The maximum atomic E-state index is 9.63. The van der Waals surface area contributed by atoms with Gasteiger partial charge in [0, 0.05) is 43.4 Å². The highest BCUT2D eigenvalue weighted by atomic mass is 32.1. The van der Waals surface area contributed by atoms with Gasteiger partial charge in [-0.15, -0.1) is 11.3 Å². The van der Waals surface area contributed by atoms with Crippen LogP contribution in [-0.2, 0) is 0 Å². The Balaban J connectivity index is 1.50. The fourth-order valence-corrected chi connectivity index (χ4v) is 4.43. The van der Waals surface area contributed by atoms with E-state index in [9.17, 15) is 5.11 Å². The Morgan fingerprint density at radius 2 is 2.00 bits per heavy atom. The molecule has 0 amide bonds. The molecule has 1 aliphatic heterocycles. The zero-order valence-corrected chi connectivity index (χ0v) is 13.5. The molecule has 5 heteroatoms. The Bertz CT molecular complexity index is 404. The smallest absolute Gasteiger partial charge is 0.185 e. The zero-order chi connectivity index (χ0) is 14.5. The Labute approximate surface area is 131 Å². The molecular weight excluding hydrogens is 282 g/mol. The van der Waals surface area contributed by atoms with Crippen molar-refractivity contribution in [3.05, 3.63) is 11.6 Å². The van der Waals surface area contributed by atoms with Crippen LogP contribution in [0.15, 0.2) is 11.6 Å². The molecule has 2 N–H and O–H groups in total. The van der Waals surface area contributed by atoms with Gasteiger partial charge in [0.25, 0.3) is 0 Å². The fourth-order valence-electron chi connectivity index (χ4n) is 3.73. The van der Waals surface area contributed by atoms with E-state index in [2.05, 4.69) is 20.6 Å². The third kappa shape index (κ3) is 3.96. The van der Waals surface area contributed by atoms with Crippen molar-refractivity contribution < 1.29 is 5.11 Å². The summed E-state index contributed by atoms with van der Waals surface area (Å²) in [5, 5.41) is 16.7. The number of hydrogen-bond acceptors (Lipinski definition) is 5. The monoisotopic (exact) mass is 309 g/mol.